The molecule has 0 aromatic heterocycles. The Morgan fingerprint density at radius 3 is 1.78 bits per heavy atom. The summed E-state index contributed by atoms with van der Waals surface area (Å²) in [4.78, 5) is 0. The molecule has 0 aliphatic heterocycles. The van der Waals surface area contributed by atoms with E-state index in [-0.39, 0.29) is 0 Å². The molecule has 0 bridgehead atoms. The molecule has 0 aromatic rings. The van der Waals surface area contributed by atoms with Crippen LogP contribution in [0.4, 0.5) is 0 Å². The molecule has 0 aliphatic carbocycles. The van der Waals surface area contributed by atoms with Gasteiger partial charge in [0.25, 0.3) is 0 Å². The van der Waals surface area contributed by atoms with Crippen molar-refractivity contribution in [1.82, 2.24) is 0 Å². The molecular weight excluding hydrogens is 561 g/mol. The van der Waals surface area contributed by atoms with Crippen molar-refractivity contribution in [3.8, 4) is 0 Å². The van der Waals surface area contributed by atoms with E-state index in [4.69, 9.17) is 0 Å². The van der Waals surface area contributed by atoms with Gasteiger partial charge in [-0.3, -0.25) is 0 Å². The Hall–Kier alpha value is 2.19. The molecule has 0 N–H and O–H groups in total. The van der Waals surface area contributed by atoms with Crippen LogP contribution < -0.4 is 0 Å². The molecule has 0 aliphatic rings. The second kappa shape index (κ2) is 15.6. The third-order valence-electron chi connectivity index (χ3n) is 3.33. The van der Waals surface area contributed by atoms with Crippen LogP contribution in [0.2, 0.25) is 0 Å². The maximum atomic E-state index is 2.67. The smallest absolute Gasteiger partial charge is 0.0117 e. The van der Waals surface area contributed by atoms with E-state index in [1.807, 2.05) is 0 Å². The highest BCUT2D eigenvalue weighted by Gasteiger charge is 2.07. The lowest BCUT2D eigenvalue weighted by Crippen LogP contribution is -2.02. The summed E-state index contributed by atoms with van der Waals surface area (Å²) in [6.07, 6.45) is 15.8. The van der Waals surface area contributed by atoms with E-state index in [1.54, 1.807) is 0 Å². The fourth-order valence-electron chi connectivity index (χ4n) is 2.11. The Bertz CT molecular complexity index is 162. The van der Waals surface area contributed by atoms with Crippen LogP contribution in [-0.2, 0) is 0 Å². The van der Waals surface area contributed by atoms with Gasteiger partial charge < -0.3 is 0 Å². The first kappa shape index (κ1) is 20.2. The van der Waals surface area contributed by atoms with Crippen molar-refractivity contribution in [2.24, 2.45) is 0 Å². The first-order valence-electron chi connectivity index (χ1n) is 7.54. The van der Waals surface area contributed by atoms with Crippen molar-refractivity contribution in [2.75, 3.05) is 4.43 Å². The van der Waals surface area contributed by atoms with Gasteiger partial charge in [-0.2, -0.15) is 0 Å². The van der Waals surface area contributed by atoms with Gasteiger partial charge in [0.2, 0.25) is 0 Å². The van der Waals surface area contributed by atoms with Crippen LogP contribution in [0.15, 0.2) is 0 Å². The van der Waals surface area contributed by atoms with E-state index in [2.05, 4.69) is 74.7 Å². The number of rotatable bonds is 13. The second-order valence-corrected chi connectivity index (χ2v) is 9.76. The van der Waals surface area contributed by atoms with Crippen molar-refractivity contribution in [1.29, 1.82) is 0 Å². The summed E-state index contributed by atoms with van der Waals surface area (Å²) in [6.45, 7) is 2.29. The summed E-state index contributed by atoms with van der Waals surface area (Å²) >= 11 is 7.80. The van der Waals surface area contributed by atoms with Gasteiger partial charge in [0, 0.05) is 12.3 Å². The summed E-state index contributed by atoms with van der Waals surface area (Å²) in [5.74, 6) is 0. The topological polar surface area (TPSA) is 0 Å². The van der Waals surface area contributed by atoms with E-state index in [9.17, 15) is 0 Å². The molecule has 0 saturated heterocycles. The first-order chi connectivity index (χ1) is 8.70. The molecule has 0 aromatic carbocycles. The Morgan fingerprint density at radius 2 is 1.17 bits per heavy atom. The van der Waals surface area contributed by atoms with E-state index in [0.29, 0.717) is 0 Å². The fraction of sp³-hybridized carbons (Fsp3) is 1.00. The standard InChI is InChI=1S/C15H29I3/c1-2-3-4-5-6-7-9-14(17)10-8-11-15(18)12-13-16/h14-15H,2-13H2,1H3. The molecule has 0 saturated carbocycles. The monoisotopic (exact) mass is 590 g/mol. The highest BCUT2D eigenvalue weighted by molar-refractivity contribution is 14.1. The van der Waals surface area contributed by atoms with Crippen LogP contribution in [0.25, 0.3) is 0 Å². The van der Waals surface area contributed by atoms with Crippen molar-refractivity contribution in [3.05, 3.63) is 0 Å². The Kier molecular flexibility index (Phi) is 17.5. The molecule has 3 heteroatoms. The number of halogens is 3. The van der Waals surface area contributed by atoms with Crippen molar-refractivity contribution < 1.29 is 0 Å². The van der Waals surface area contributed by atoms with Gasteiger partial charge in [-0.15, -0.1) is 0 Å². The molecule has 0 spiro atoms. The minimum absolute atomic E-state index is 0.914. The maximum absolute atomic E-state index is 2.67. The zero-order valence-electron chi connectivity index (χ0n) is 11.8. The molecular formula is C15H29I3. The third kappa shape index (κ3) is 14.6. The molecule has 2 atom stereocenters. The SMILES string of the molecule is CCCCCCCCC(I)CCCC(I)CCI. The number of unbranched alkanes of at least 4 members (excludes halogenated alkanes) is 5. The van der Waals surface area contributed by atoms with Crippen molar-refractivity contribution >= 4 is 67.8 Å². The summed E-state index contributed by atoms with van der Waals surface area (Å²) in [5.41, 5.74) is 0. The van der Waals surface area contributed by atoms with Gasteiger partial charge in [0.05, 0.1) is 0 Å². The molecule has 2 unspecified atom stereocenters. The summed E-state index contributed by atoms with van der Waals surface area (Å²) in [5, 5.41) is 0. The Labute approximate surface area is 156 Å². The average Bonchev–Trinajstić information content (AvgIpc) is 2.34. The van der Waals surface area contributed by atoms with Gasteiger partial charge in [0.15, 0.2) is 0 Å². The molecule has 0 amide bonds. The molecule has 0 fully saturated rings. The lowest BCUT2D eigenvalue weighted by atomic mass is 10.0. The Balaban J connectivity index is 3.24. The summed E-state index contributed by atoms with van der Waals surface area (Å²) < 4.78 is 3.16. The van der Waals surface area contributed by atoms with E-state index in [0.717, 1.165) is 7.85 Å². The summed E-state index contributed by atoms with van der Waals surface area (Å²) in [7, 11) is 0. The second-order valence-electron chi connectivity index (χ2n) is 5.16. The lowest BCUT2D eigenvalue weighted by Gasteiger charge is -2.11. The van der Waals surface area contributed by atoms with Crippen molar-refractivity contribution in [2.45, 2.75) is 85.4 Å². The highest BCUT2D eigenvalue weighted by atomic mass is 127. The van der Waals surface area contributed by atoms with Crippen LogP contribution in [0.5, 0.6) is 0 Å². The lowest BCUT2D eigenvalue weighted by molar-refractivity contribution is 0.563. The van der Waals surface area contributed by atoms with Crippen LogP contribution in [0, 0.1) is 0 Å². The number of hydrogen-bond donors (Lipinski definition) is 0. The van der Waals surface area contributed by atoms with Crippen molar-refractivity contribution in [3.63, 3.8) is 0 Å². The summed E-state index contributed by atoms with van der Waals surface area (Å²) in [6, 6.07) is 0. The maximum Gasteiger partial charge on any atom is 0.0117 e. The first-order valence-corrected chi connectivity index (χ1v) is 11.6. The largest absolute Gasteiger partial charge is 0.0863 e. The van der Waals surface area contributed by atoms with Gasteiger partial charge in [-0.05, 0) is 25.7 Å². The Morgan fingerprint density at radius 1 is 0.667 bits per heavy atom. The van der Waals surface area contributed by atoms with Crippen LogP contribution in [0.3, 0.4) is 0 Å². The van der Waals surface area contributed by atoms with Crippen LogP contribution in [-0.4, -0.2) is 12.3 Å². The van der Waals surface area contributed by atoms with E-state index < -0.39 is 0 Å². The van der Waals surface area contributed by atoms with Gasteiger partial charge in [-0.1, -0.05) is 120 Å². The molecule has 0 rings (SSSR count). The minimum atomic E-state index is 0.914. The molecule has 110 valence electrons. The normalized spacial score (nSPS) is 14.7. The predicted molar refractivity (Wildman–Crippen MR) is 111 cm³/mol. The van der Waals surface area contributed by atoms with E-state index in [1.165, 1.54) is 75.1 Å². The van der Waals surface area contributed by atoms with Crippen LogP contribution >= 0.6 is 67.8 Å². The third-order valence-corrected chi connectivity index (χ3v) is 6.44. The molecule has 0 radical (unpaired) electrons. The quantitative estimate of drug-likeness (QED) is 0.120. The number of hydrogen-bond acceptors (Lipinski definition) is 0. The van der Waals surface area contributed by atoms with E-state index >= 15 is 0 Å². The van der Waals surface area contributed by atoms with Gasteiger partial charge >= 0.3 is 0 Å². The zero-order chi connectivity index (χ0) is 13.6. The number of alkyl halides is 3. The fourth-order valence-corrected chi connectivity index (χ4v) is 5.69. The van der Waals surface area contributed by atoms with Gasteiger partial charge in [0.1, 0.15) is 0 Å². The van der Waals surface area contributed by atoms with Crippen LogP contribution in [0.1, 0.15) is 77.6 Å². The van der Waals surface area contributed by atoms with Gasteiger partial charge in [-0.25, -0.2) is 0 Å². The molecule has 18 heavy (non-hydrogen) atoms. The zero-order valence-corrected chi connectivity index (χ0v) is 18.2. The highest BCUT2D eigenvalue weighted by Crippen LogP contribution is 2.22. The minimum Gasteiger partial charge on any atom is -0.0863 e. The predicted octanol–water partition coefficient (Wildman–Crippen LogP) is 7.34. The molecule has 0 heterocycles. The average molecular weight is 590 g/mol. The molecule has 0 nitrogen and oxygen atoms in total.